The van der Waals surface area contributed by atoms with Crippen LogP contribution in [0.15, 0.2) is 67.5 Å². The molecule has 31 heavy (non-hydrogen) atoms. The van der Waals surface area contributed by atoms with Gasteiger partial charge in [-0.1, -0.05) is 69.7 Å². The normalized spacial score (nSPS) is 12.0. The molecule has 2 nitrogen and oxygen atoms in total. The van der Waals surface area contributed by atoms with Crippen LogP contribution >= 0.6 is 0 Å². The number of ether oxygens (including phenoxy) is 2. The van der Waals surface area contributed by atoms with Crippen molar-refractivity contribution in [2.75, 3.05) is 7.11 Å². The van der Waals surface area contributed by atoms with Crippen LogP contribution in [0.2, 0.25) is 0 Å². The summed E-state index contributed by atoms with van der Waals surface area (Å²) in [4.78, 5) is 0. The summed E-state index contributed by atoms with van der Waals surface area (Å²) in [5, 5.41) is 0. The van der Waals surface area contributed by atoms with Gasteiger partial charge in [0, 0.05) is 5.56 Å². The highest BCUT2D eigenvalue weighted by Gasteiger charge is 2.15. The Kier molecular flexibility index (Phi) is 9.51. The average Bonchev–Trinajstić information content (AvgIpc) is 2.77. The van der Waals surface area contributed by atoms with E-state index in [1.165, 1.54) is 38.5 Å². The summed E-state index contributed by atoms with van der Waals surface area (Å²) in [6, 6.07) is 10.0. The fraction of sp³-hybridized carbons (Fsp3) is 0.333. The Morgan fingerprint density at radius 3 is 2.32 bits per heavy atom. The van der Waals surface area contributed by atoms with Gasteiger partial charge >= 0.3 is 0 Å². The van der Waals surface area contributed by atoms with E-state index in [4.69, 9.17) is 9.47 Å². The van der Waals surface area contributed by atoms with Gasteiger partial charge in [-0.2, -0.15) is 4.39 Å². The minimum atomic E-state index is -0.991. The molecule has 1 atom stereocenters. The van der Waals surface area contributed by atoms with Crippen LogP contribution in [-0.4, -0.2) is 13.2 Å². The summed E-state index contributed by atoms with van der Waals surface area (Å²) < 4.78 is 38.9. The number of hydrogen-bond acceptors (Lipinski definition) is 2. The zero-order chi connectivity index (χ0) is 22.8. The van der Waals surface area contributed by atoms with Crippen molar-refractivity contribution in [3.8, 4) is 16.9 Å². The summed E-state index contributed by atoms with van der Waals surface area (Å²) in [5.74, 6) is -1.44. The van der Waals surface area contributed by atoms with Crippen molar-refractivity contribution in [1.29, 1.82) is 0 Å². The molecule has 0 spiro atoms. The SMILES string of the molecule is C=C(/C=C\C(=C)c1ccc(-c2ccc(OC)c(F)c2F)cc1)O[C@H](C)CCCCCC. The molecule has 0 saturated carbocycles. The first-order valence-electron chi connectivity index (χ1n) is 10.7. The third-order valence-electron chi connectivity index (χ3n) is 5.12. The molecule has 0 heterocycles. The van der Waals surface area contributed by atoms with Gasteiger partial charge < -0.3 is 9.47 Å². The lowest BCUT2D eigenvalue weighted by atomic mass is 10.00. The van der Waals surface area contributed by atoms with Gasteiger partial charge in [0.25, 0.3) is 0 Å². The van der Waals surface area contributed by atoms with Gasteiger partial charge in [0.15, 0.2) is 11.6 Å². The van der Waals surface area contributed by atoms with Crippen molar-refractivity contribution in [3.63, 3.8) is 0 Å². The van der Waals surface area contributed by atoms with E-state index < -0.39 is 11.6 Å². The van der Waals surface area contributed by atoms with Crippen LogP contribution in [0.3, 0.4) is 0 Å². The molecule has 2 rings (SSSR count). The fourth-order valence-corrected chi connectivity index (χ4v) is 3.28. The number of benzene rings is 2. The topological polar surface area (TPSA) is 18.5 Å². The van der Waals surface area contributed by atoms with Gasteiger partial charge in [-0.05, 0) is 54.7 Å². The predicted molar refractivity (Wildman–Crippen MR) is 125 cm³/mol. The first-order chi connectivity index (χ1) is 14.9. The van der Waals surface area contributed by atoms with Crippen LogP contribution < -0.4 is 4.74 Å². The number of methoxy groups -OCH3 is 1. The van der Waals surface area contributed by atoms with Gasteiger partial charge in [-0.3, -0.25) is 0 Å². The first kappa shape index (κ1) is 24.4. The molecule has 0 aliphatic carbocycles. The Morgan fingerprint density at radius 2 is 1.68 bits per heavy atom. The molecule has 0 aliphatic rings. The Morgan fingerprint density at radius 1 is 0.968 bits per heavy atom. The summed E-state index contributed by atoms with van der Waals surface area (Å²) >= 11 is 0. The number of halogens is 2. The highest BCUT2D eigenvalue weighted by molar-refractivity contribution is 5.75. The van der Waals surface area contributed by atoms with Crippen molar-refractivity contribution < 1.29 is 18.3 Å². The summed E-state index contributed by atoms with van der Waals surface area (Å²) in [6.45, 7) is 12.3. The van der Waals surface area contributed by atoms with Crippen LogP contribution in [0.4, 0.5) is 8.78 Å². The lowest BCUT2D eigenvalue weighted by Gasteiger charge is -2.14. The standard InChI is InChI=1S/C27H32F2O2/c1-6-7-8-9-10-20(3)31-21(4)12-11-19(2)22-13-15-23(16-14-22)24-17-18-25(30-5)27(29)26(24)28/h11-18,20H,2,4,6-10H2,1,3,5H3/b12-11-/t20-/m1/s1. The summed E-state index contributed by atoms with van der Waals surface area (Å²) in [5.41, 5.74) is 2.40. The Hall–Kier alpha value is -2.88. The van der Waals surface area contributed by atoms with Crippen molar-refractivity contribution >= 4 is 5.57 Å². The summed E-state index contributed by atoms with van der Waals surface area (Å²) in [7, 11) is 1.30. The molecule has 2 aromatic rings. The Labute approximate surface area is 184 Å². The Balaban J connectivity index is 1.96. The summed E-state index contributed by atoms with van der Waals surface area (Å²) in [6.07, 6.45) is 9.65. The lowest BCUT2D eigenvalue weighted by Crippen LogP contribution is -2.06. The zero-order valence-electron chi connectivity index (χ0n) is 18.7. The van der Waals surface area contributed by atoms with Gasteiger partial charge in [0.2, 0.25) is 5.82 Å². The van der Waals surface area contributed by atoms with Gasteiger partial charge in [0.1, 0.15) is 5.76 Å². The smallest absolute Gasteiger partial charge is 0.201 e. The second kappa shape index (κ2) is 12.1. The minimum absolute atomic E-state index is 0.117. The molecule has 0 fully saturated rings. The van der Waals surface area contributed by atoms with Gasteiger partial charge in [0.05, 0.1) is 13.2 Å². The molecule has 4 heteroatoms. The third kappa shape index (κ3) is 7.09. The van der Waals surface area contributed by atoms with E-state index in [0.717, 1.165) is 24.0 Å². The monoisotopic (exact) mass is 426 g/mol. The molecule has 0 aromatic heterocycles. The van der Waals surface area contributed by atoms with E-state index in [0.29, 0.717) is 11.3 Å². The third-order valence-corrected chi connectivity index (χ3v) is 5.12. The van der Waals surface area contributed by atoms with E-state index >= 15 is 0 Å². The lowest BCUT2D eigenvalue weighted by molar-refractivity contribution is 0.131. The van der Waals surface area contributed by atoms with Gasteiger partial charge in [-0.25, -0.2) is 4.39 Å². The number of hydrogen-bond donors (Lipinski definition) is 0. The molecule has 0 amide bonds. The highest BCUT2D eigenvalue weighted by Crippen LogP contribution is 2.30. The molecule has 166 valence electrons. The van der Waals surface area contributed by atoms with E-state index in [1.807, 2.05) is 18.2 Å². The maximum Gasteiger partial charge on any atom is 0.201 e. The minimum Gasteiger partial charge on any atom is -0.494 e. The molecule has 0 radical (unpaired) electrons. The van der Waals surface area contributed by atoms with Crippen LogP contribution in [0, 0.1) is 11.6 Å². The molecule has 2 aromatic carbocycles. The van der Waals surface area contributed by atoms with Crippen LogP contribution in [0.5, 0.6) is 5.75 Å². The molecule has 0 saturated heterocycles. The quantitative estimate of drug-likeness (QED) is 0.194. The van der Waals surface area contributed by atoms with Crippen LogP contribution in [0.25, 0.3) is 16.7 Å². The van der Waals surface area contributed by atoms with Crippen molar-refractivity contribution in [1.82, 2.24) is 0 Å². The molecular formula is C27H32F2O2. The van der Waals surface area contributed by atoms with Crippen LogP contribution in [-0.2, 0) is 4.74 Å². The van der Waals surface area contributed by atoms with E-state index in [9.17, 15) is 8.78 Å². The van der Waals surface area contributed by atoms with Crippen molar-refractivity contribution in [3.05, 3.63) is 84.7 Å². The largest absolute Gasteiger partial charge is 0.494 e. The van der Waals surface area contributed by atoms with Crippen LogP contribution in [0.1, 0.15) is 51.5 Å². The van der Waals surface area contributed by atoms with Gasteiger partial charge in [-0.15, -0.1) is 0 Å². The van der Waals surface area contributed by atoms with Crippen molar-refractivity contribution in [2.24, 2.45) is 0 Å². The fourth-order valence-electron chi connectivity index (χ4n) is 3.28. The second-order valence-corrected chi connectivity index (χ2v) is 7.62. The Bertz CT molecular complexity index is 914. The second-order valence-electron chi connectivity index (χ2n) is 7.62. The molecule has 0 unspecified atom stereocenters. The predicted octanol–water partition coefficient (Wildman–Crippen LogP) is 8.10. The van der Waals surface area contributed by atoms with E-state index in [2.05, 4.69) is 27.0 Å². The maximum atomic E-state index is 14.3. The van der Waals surface area contributed by atoms with E-state index in [1.54, 1.807) is 18.2 Å². The number of allylic oxidation sites excluding steroid dienone is 3. The molecular weight excluding hydrogens is 394 g/mol. The number of unbranched alkanes of at least 4 members (excludes halogenated alkanes) is 3. The maximum absolute atomic E-state index is 14.3. The zero-order valence-corrected chi connectivity index (χ0v) is 18.7. The molecule has 0 bridgehead atoms. The molecule has 0 aliphatic heterocycles. The molecule has 0 N–H and O–H groups in total. The number of rotatable bonds is 12. The van der Waals surface area contributed by atoms with Crippen molar-refractivity contribution in [2.45, 2.75) is 52.1 Å². The average molecular weight is 427 g/mol. The highest BCUT2D eigenvalue weighted by atomic mass is 19.2. The van der Waals surface area contributed by atoms with E-state index in [-0.39, 0.29) is 17.4 Å². The first-order valence-corrected chi connectivity index (χ1v) is 10.7.